The van der Waals surface area contributed by atoms with Gasteiger partial charge in [0.15, 0.2) is 0 Å². The third-order valence-corrected chi connectivity index (χ3v) is 6.12. The smallest absolute Gasteiger partial charge is 0.444 e. The lowest BCUT2D eigenvalue weighted by Crippen LogP contribution is -2.41. The van der Waals surface area contributed by atoms with Crippen LogP contribution in [0.25, 0.3) is 0 Å². The molecule has 0 aromatic heterocycles. The summed E-state index contributed by atoms with van der Waals surface area (Å²) in [5, 5.41) is 0. The fourth-order valence-corrected chi connectivity index (χ4v) is 3.63. The van der Waals surface area contributed by atoms with Crippen LogP contribution in [0, 0.1) is 0 Å². The van der Waals surface area contributed by atoms with Gasteiger partial charge in [0.2, 0.25) is 0 Å². The minimum absolute atomic E-state index is 0.225. The Morgan fingerprint density at radius 3 is 2.43 bits per heavy atom. The second-order valence-corrected chi connectivity index (χ2v) is 8.68. The number of rotatable bonds is 3. The predicted octanol–water partition coefficient (Wildman–Crippen LogP) is 3.66. The van der Waals surface area contributed by atoms with E-state index in [4.69, 9.17) is 18.8 Å². The molecule has 0 bridgehead atoms. The highest BCUT2D eigenvalue weighted by Gasteiger charge is 2.52. The molecule has 2 aliphatic heterocycles. The number of ether oxygens (including phenoxy) is 2. The molecule has 0 atom stereocenters. The summed E-state index contributed by atoms with van der Waals surface area (Å²) in [5.74, 6) is 0. The molecule has 7 heteroatoms. The van der Waals surface area contributed by atoms with Crippen molar-refractivity contribution < 1.29 is 23.6 Å². The molecule has 1 fully saturated rings. The fourth-order valence-electron chi connectivity index (χ4n) is 3.63. The summed E-state index contributed by atoms with van der Waals surface area (Å²) in [4.78, 5) is 14.6. The first kappa shape index (κ1) is 20.9. The SMILES string of the molecule is CC1(C)OB(c2cccc3c2COCCN3C(=O)OCc2ccccc2)OC1(C)C. The average Bonchev–Trinajstić information content (AvgIpc) is 2.86. The molecule has 2 aliphatic rings. The quantitative estimate of drug-likeness (QED) is 0.725. The second kappa shape index (κ2) is 8.06. The second-order valence-electron chi connectivity index (χ2n) is 8.68. The highest BCUT2D eigenvalue weighted by atomic mass is 16.7. The van der Waals surface area contributed by atoms with Crippen molar-refractivity contribution in [3.63, 3.8) is 0 Å². The van der Waals surface area contributed by atoms with Crippen LogP contribution in [0.1, 0.15) is 38.8 Å². The van der Waals surface area contributed by atoms with Crippen molar-refractivity contribution in [3.05, 3.63) is 59.7 Å². The number of hydrogen-bond donors (Lipinski definition) is 0. The Morgan fingerprint density at radius 1 is 1.03 bits per heavy atom. The third kappa shape index (κ3) is 3.97. The lowest BCUT2D eigenvalue weighted by atomic mass is 9.75. The van der Waals surface area contributed by atoms with E-state index in [9.17, 15) is 4.79 Å². The topological polar surface area (TPSA) is 57.2 Å². The third-order valence-electron chi connectivity index (χ3n) is 6.12. The van der Waals surface area contributed by atoms with E-state index >= 15 is 0 Å². The predicted molar refractivity (Wildman–Crippen MR) is 116 cm³/mol. The molecule has 2 aromatic carbocycles. The largest absolute Gasteiger partial charge is 0.495 e. The lowest BCUT2D eigenvalue weighted by Gasteiger charge is -2.32. The summed E-state index contributed by atoms with van der Waals surface area (Å²) < 4.78 is 23.9. The van der Waals surface area contributed by atoms with E-state index in [1.807, 2.05) is 76.2 Å². The first-order valence-corrected chi connectivity index (χ1v) is 10.3. The molecule has 6 nitrogen and oxygen atoms in total. The molecule has 1 amide bonds. The van der Waals surface area contributed by atoms with Crippen molar-refractivity contribution in [2.75, 3.05) is 18.1 Å². The van der Waals surface area contributed by atoms with Crippen molar-refractivity contribution in [1.29, 1.82) is 0 Å². The number of anilines is 1. The van der Waals surface area contributed by atoms with Gasteiger partial charge in [-0.15, -0.1) is 0 Å². The maximum Gasteiger partial charge on any atom is 0.495 e. The average molecular weight is 409 g/mol. The van der Waals surface area contributed by atoms with Crippen LogP contribution < -0.4 is 10.4 Å². The number of benzene rings is 2. The summed E-state index contributed by atoms with van der Waals surface area (Å²) in [6, 6.07) is 15.5. The van der Waals surface area contributed by atoms with Gasteiger partial charge < -0.3 is 18.8 Å². The molecule has 0 unspecified atom stereocenters. The number of fused-ring (bicyclic) bond motifs is 1. The maximum absolute atomic E-state index is 12.9. The first-order valence-electron chi connectivity index (χ1n) is 10.3. The van der Waals surface area contributed by atoms with Crippen molar-refractivity contribution in [2.24, 2.45) is 0 Å². The fraction of sp³-hybridized carbons (Fsp3) is 0.435. The van der Waals surface area contributed by atoms with Gasteiger partial charge in [0.05, 0.1) is 36.6 Å². The lowest BCUT2D eigenvalue weighted by molar-refractivity contribution is 0.00578. The normalized spacial score (nSPS) is 19.9. The Balaban J connectivity index is 1.59. The summed E-state index contributed by atoms with van der Waals surface area (Å²) in [6.07, 6.45) is -0.392. The summed E-state index contributed by atoms with van der Waals surface area (Å²) in [6.45, 7) is 9.57. The van der Waals surface area contributed by atoms with Crippen LogP contribution in [-0.4, -0.2) is 37.6 Å². The van der Waals surface area contributed by atoms with Crippen LogP contribution in [0.3, 0.4) is 0 Å². The van der Waals surface area contributed by atoms with Gasteiger partial charge >= 0.3 is 13.2 Å². The van der Waals surface area contributed by atoms with Crippen molar-refractivity contribution in [3.8, 4) is 0 Å². The van der Waals surface area contributed by atoms with Crippen LogP contribution in [0.2, 0.25) is 0 Å². The molecule has 0 radical (unpaired) electrons. The molecule has 30 heavy (non-hydrogen) atoms. The van der Waals surface area contributed by atoms with Crippen molar-refractivity contribution in [2.45, 2.75) is 52.1 Å². The highest BCUT2D eigenvalue weighted by Crippen LogP contribution is 2.37. The number of carbonyl (C=O) groups excluding carboxylic acids is 1. The zero-order valence-electron chi connectivity index (χ0n) is 18.0. The minimum atomic E-state index is -0.520. The van der Waals surface area contributed by atoms with Gasteiger partial charge in [-0.05, 0) is 44.8 Å². The van der Waals surface area contributed by atoms with E-state index in [0.29, 0.717) is 19.8 Å². The van der Waals surface area contributed by atoms with Gasteiger partial charge in [-0.2, -0.15) is 0 Å². The number of amides is 1. The zero-order chi connectivity index (χ0) is 21.4. The Bertz CT molecular complexity index is 899. The van der Waals surface area contributed by atoms with Crippen LogP contribution >= 0.6 is 0 Å². The Morgan fingerprint density at radius 2 is 1.73 bits per heavy atom. The van der Waals surface area contributed by atoms with Gasteiger partial charge in [-0.25, -0.2) is 4.79 Å². The van der Waals surface area contributed by atoms with E-state index in [0.717, 1.165) is 22.3 Å². The molecule has 2 heterocycles. The number of nitrogens with zero attached hydrogens (tertiary/aromatic N) is 1. The van der Waals surface area contributed by atoms with Crippen molar-refractivity contribution in [1.82, 2.24) is 0 Å². The summed E-state index contributed by atoms with van der Waals surface area (Å²) in [5.41, 5.74) is 2.61. The van der Waals surface area contributed by atoms with Gasteiger partial charge in [0.1, 0.15) is 6.61 Å². The van der Waals surface area contributed by atoms with Gasteiger partial charge in [0, 0.05) is 5.56 Å². The Labute approximate surface area is 178 Å². The molecular formula is C23H28BNO5. The van der Waals surface area contributed by atoms with E-state index < -0.39 is 24.4 Å². The molecule has 0 aliphatic carbocycles. The van der Waals surface area contributed by atoms with Gasteiger partial charge in [0.25, 0.3) is 0 Å². The Hall–Kier alpha value is -2.35. The molecular weight excluding hydrogens is 381 g/mol. The Kier molecular flexibility index (Phi) is 5.62. The molecule has 0 saturated carbocycles. The molecule has 0 spiro atoms. The first-order chi connectivity index (χ1) is 14.3. The van der Waals surface area contributed by atoms with Crippen LogP contribution in [-0.2, 0) is 32.0 Å². The molecule has 1 saturated heterocycles. The van der Waals surface area contributed by atoms with Crippen molar-refractivity contribution >= 4 is 24.4 Å². The van der Waals surface area contributed by atoms with Crippen LogP contribution in [0.5, 0.6) is 0 Å². The van der Waals surface area contributed by atoms with E-state index in [2.05, 4.69) is 0 Å². The van der Waals surface area contributed by atoms with Crippen LogP contribution in [0.4, 0.5) is 10.5 Å². The molecule has 4 rings (SSSR count). The van der Waals surface area contributed by atoms with E-state index in [1.54, 1.807) is 4.90 Å². The monoisotopic (exact) mass is 409 g/mol. The standard InChI is InChI=1S/C23H28BNO5/c1-22(2)23(3,4)30-24(29-22)19-11-8-12-20-18(19)16-27-14-13-25(20)21(26)28-15-17-9-6-5-7-10-17/h5-12H,13-16H2,1-4H3. The molecule has 0 N–H and O–H groups in total. The van der Waals surface area contributed by atoms with Gasteiger partial charge in [-0.3, -0.25) is 4.90 Å². The number of carbonyl (C=O) groups is 1. The highest BCUT2D eigenvalue weighted by molar-refractivity contribution is 6.62. The van der Waals surface area contributed by atoms with Gasteiger partial charge in [-0.1, -0.05) is 42.5 Å². The zero-order valence-corrected chi connectivity index (χ0v) is 18.0. The summed E-state index contributed by atoms with van der Waals surface area (Å²) >= 11 is 0. The summed E-state index contributed by atoms with van der Waals surface area (Å²) in [7, 11) is -0.520. The number of hydrogen-bond acceptors (Lipinski definition) is 5. The molecule has 2 aromatic rings. The van der Waals surface area contributed by atoms with Crippen LogP contribution in [0.15, 0.2) is 48.5 Å². The van der Waals surface area contributed by atoms with E-state index in [-0.39, 0.29) is 6.61 Å². The minimum Gasteiger partial charge on any atom is -0.444 e. The van der Waals surface area contributed by atoms with E-state index in [1.165, 1.54) is 0 Å². The maximum atomic E-state index is 12.9. The molecule has 158 valence electrons.